The summed E-state index contributed by atoms with van der Waals surface area (Å²) in [5, 5.41) is 74.8. The van der Waals surface area contributed by atoms with Gasteiger partial charge in [0.25, 0.3) is 0 Å². The number of phenolic OH excluding ortho intramolecular Hbond substituents is 1. The van der Waals surface area contributed by atoms with E-state index in [0.717, 1.165) is 16.7 Å². The number of phenols is 1. The maximum atomic E-state index is 12.9. The molecule has 1 fully saturated rings. The molecule has 6 rings (SSSR count). The summed E-state index contributed by atoms with van der Waals surface area (Å²) in [6, 6.07) is 12.7. The van der Waals surface area contributed by atoms with E-state index < -0.39 is 47.0 Å². The monoisotopic (exact) mass is 676 g/mol. The molecular formula is C35H40N4O10. The van der Waals surface area contributed by atoms with E-state index in [1.165, 1.54) is 6.07 Å². The molecule has 1 aromatic heterocycles. The largest absolute Gasteiger partial charge is 0.508 e. The van der Waals surface area contributed by atoms with E-state index in [9.17, 15) is 40.2 Å². The van der Waals surface area contributed by atoms with Gasteiger partial charge in [0.1, 0.15) is 24.1 Å². The Morgan fingerprint density at radius 3 is 2.43 bits per heavy atom. The molecule has 49 heavy (non-hydrogen) atoms. The number of aromatic carboxylic acids is 2. The molecule has 0 unspecified atom stereocenters. The van der Waals surface area contributed by atoms with Gasteiger partial charge in [-0.15, -0.1) is 5.10 Å². The third-order valence-electron chi connectivity index (χ3n) is 9.90. The maximum Gasteiger partial charge on any atom is 0.359 e. The van der Waals surface area contributed by atoms with Gasteiger partial charge in [0, 0.05) is 31.1 Å². The lowest BCUT2D eigenvalue weighted by Gasteiger charge is -2.56. The number of carboxylic acid groups (broad SMARTS) is 2. The lowest BCUT2D eigenvalue weighted by Crippen LogP contribution is -2.62. The van der Waals surface area contributed by atoms with Gasteiger partial charge >= 0.3 is 11.9 Å². The second-order valence-corrected chi connectivity index (χ2v) is 12.8. The number of hydrogen-bond donors (Lipinski definition) is 6. The number of benzene rings is 2. The third-order valence-corrected chi connectivity index (χ3v) is 9.90. The smallest absolute Gasteiger partial charge is 0.359 e. The van der Waals surface area contributed by atoms with Crippen molar-refractivity contribution in [2.75, 3.05) is 13.2 Å². The van der Waals surface area contributed by atoms with Gasteiger partial charge < -0.3 is 40.2 Å². The molecule has 3 aromatic rings. The molecule has 0 amide bonds. The first-order valence-corrected chi connectivity index (χ1v) is 16.5. The average Bonchev–Trinajstić information content (AvgIpc) is 3.53. The molecule has 0 radical (unpaired) electrons. The van der Waals surface area contributed by atoms with E-state index >= 15 is 0 Å². The fraction of sp³-hybridized carbons (Fsp3) is 0.457. The number of oxime groups is 1. The van der Waals surface area contributed by atoms with Gasteiger partial charge in [0.15, 0.2) is 5.69 Å². The molecule has 1 aliphatic heterocycles. The molecule has 14 nitrogen and oxygen atoms in total. The number of allylic oxidation sites excluding steroid dienone is 1. The summed E-state index contributed by atoms with van der Waals surface area (Å²) in [7, 11) is 0. The number of fused-ring (bicyclic) bond motifs is 2. The summed E-state index contributed by atoms with van der Waals surface area (Å²) in [6.45, 7) is 0.179. The standard InChI is InChI=1S/C35H40N4O10/c40-14-6-4-10-21-16-24-26(37-48-19-20-8-2-1-3-9-20)18-28(39-32(34(45)46)31(33(43)44)36-38-39)35(47)30(24)29(23(21)11-5-7-15-41)25-17-22(42)12-13-27(25)49-35/h1-3,8-9,12-13,16-17,21,23,28-30,40-42,47H,4-7,10-11,14-15,18-19H2,(H,43,44)(H,45,46)/t21-,23+,28-,29+,30+,35+/m0/s1. The summed E-state index contributed by atoms with van der Waals surface area (Å²) in [5.41, 5.74) is 1.03. The van der Waals surface area contributed by atoms with Crippen molar-refractivity contribution < 1.29 is 49.8 Å². The van der Waals surface area contributed by atoms with E-state index in [2.05, 4.69) is 21.5 Å². The van der Waals surface area contributed by atoms with Crippen LogP contribution in [0.5, 0.6) is 11.5 Å². The first-order chi connectivity index (χ1) is 23.7. The van der Waals surface area contributed by atoms with Crippen molar-refractivity contribution in [3.05, 3.63) is 82.7 Å². The number of aromatic nitrogens is 3. The first-order valence-electron chi connectivity index (χ1n) is 16.5. The lowest BCUT2D eigenvalue weighted by molar-refractivity contribution is -0.225. The Bertz CT molecular complexity index is 1740. The van der Waals surface area contributed by atoms with Crippen LogP contribution in [-0.2, 0) is 11.4 Å². The number of aromatic hydroxyl groups is 1. The van der Waals surface area contributed by atoms with Gasteiger partial charge in [-0.05, 0) is 66.9 Å². The quantitative estimate of drug-likeness (QED) is 0.106. The molecule has 6 atom stereocenters. The van der Waals surface area contributed by atoms with Crippen LogP contribution in [0.15, 0.2) is 65.3 Å². The number of hydrogen-bond acceptors (Lipinski definition) is 11. The summed E-state index contributed by atoms with van der Waals surface area (Å²) in [4.78, 5) is 30.4. The molecule has 3 aliphatic rings. The van der Waals surface area contributed by atoms with Crippen LogP contribution in [0.2, 0.25) is 0 Å². The zero-order chi connectivity index (χ0) is 34.7. The van der Waals surface area contributed by atoms with Crippen LogP contribution in [0.25, 0.3) is 0 Å². The van der Waals surface area contributed by atoms with Crippen LogP contribution in [0, 0.1) is 17.8 Å². The minimum absolute atomic E-state index is 0.00202. The highest BCUT2D eigenvalue weighted by Gasteiger charge is 2.63. The summed E-state index contributed by atoms with van der Waals surface area (Å²) < 4.78 is 7.32. The van der Waals surface area contributed by atoms with Crippen molar-refractivity contribution in [1.29, 1.82) is 0 Å². The summed E-state index contributed by atoms with van der Waals surface area (Å²) in [5.74, 6) is -6.65. The van der Waals surface area contributed by atoms with Crippen LogP contribution in [0.1, 0.15) is 89.0 Å². The summed E-state index contributed by atoms with van der Waals surface area (Å²) in [6.07, 6.45) is 5.84. The molecule has 0 saturated heterocycles. The minimum Gasteiger partial charge on any atom is -0.508 e. The molecular weight excluding hydrogens is 636 g/mol. The fourth-order valence-corrected chi connectivity index (χ4v) is 7.82. The number of rotatable bonds is 14. The van der Waals surface area contributed by atoms with E-state index in [-0.39, 0.29) is 49.6 Å². The minimum atomic E-state index is -2.17. The normalized spacial score (nSPS) is 26.3. The van der Waals surface area contributed by atoms with Crippen molar-refractivity contribution >= 4 is 17.7 Å². The highest BCUT2D eigenvalue weighted by Crippen LogP contribution is 2.62. The molecule has 260 valence electrons. The van der Waals surface area contributed by atoms with E-state index in [4.69, 9.17) is 9.57 Å². The Kier molecular flexibility index (Phi) is 9.99. The topological polar surface area (TPSA) is 217 Å². The van der Waals surface area contributed by atoms with Crippen molar-refractivity contribution in [2.45, 2.75) is 69.3 Å². The number of carbonyl (C=O) groups is 2. The predicted octanol–water partition coefficient (Wildman–Crippen LogP) is 3.88. The second-order valence-electron chi connectivity index (χ2n) is 12.8. The Hall–Kier alpha value is -4.79. The molecule has 2 heterocycles. The van der Waals surface area contributed by atoms with Crippen LogP contribution in [0.3, 0.4) is 0 Å². The number of unbranched alkanes of at least 4 members (excludes halogenated alkanes) is 2. The Balaban J connectivity index is 1.55. The van der Waals surface area contributed by atoms with Crippen LogP contribution in [-0.4, -0.2) is 82.3 Å². The zero-order valence-electron chi connectivity index (χ0n) is 26.8. The molecule has 0 spiro atoms. The van der Waals surface area contributed by atoms with Gasteiger partial charge in [-0.25, -0.2) is 14.3 Å². The van der Waals surface area contributed by atoms with Crippen molar-refractivity contribution in [1.82, 2.24) is 15.0 Å². The van der Waals surface area contributed by atoms with Gasteiger partial charge in [0.05, 0.1) is 11.6 Å². The Morgan fingerprint density at radius 2 is 1.73 bits per heavy atom. The van der Waals surface area contributed by atoms with Crippen LogP contribution >= 0.6 is 0 Å². The third kappa shape index (κ3) is 6.51. The number of aliphatic hydroxyl groups is 3. The zero-order valence-corrected chi connectivity index (χ0v) is 26.8. The Morgan fingerprint density at radius 1 is 1.00 bits per heavy atom. The highest BCUT2D eigenvalue weighted by atomic mass is 16.6. The van der Waals surface area contributed by atoms with Gasteiger partial charge in [0.2, 0.25) is 11.5 Å². The van der Waals surface area contributed by atoms with Crippen molar-refractivity contribution in [2.24, 2.45) is 22.9 Å². The lowest BCUT2D eigenvalue weighted by atomic mass is 9.55. The molecule has 1 saturated carbocycles. The fourth-order valence-electron chi connectivity index (χ4n) is 7.82. The highest BCUT2D eigenvalue weighted by molar-refractivity contribution is 6.03. The molecule has 14 heteroatoms. The number of nitrogens with zero attached hydrogens (tertiary/aromatic N) is 4. The van der Waals surface area contributed by atoms with Crippen molar-refractivity contribution in [3.63, 3.8) is 0 Å². The summed E-state index contributed by atoms with van der Waals surface area (Å²) >= 11 is 0. The van der Waals surface area contributed by atoms with Crippen LogP contribution < -0.4 is 4.74 Å². The SMILES string of the molecule is O=C(O)c1nnn([C@H]2CC(=NOCc3ccccc3)C3=C[C@H](CCCCO)[C@@H](CCCCO)[C@@H]4c5cc(O)ccc5O[C@@]2(O)[C@H]34)c1C(=O)O. The number of ether oxygens (including phenoxy) is 1. The number of carboxylic acids is 2. The van der Waals surface area contributed by atoms with E-state index in [1.54, 1.807) is 12.1 Å². The predicted molar refractivity (Wildman–Crippen MR) is 173 cm³/mol. The first kappa shape index (κ1) is 34.1. The Labute approximate surface area is 281 Å². The molecule has 2 aliphatic carbocycles. The maximum absolute atomic E-state index is 12.9. The van der Waals surface area contributed by atoms with Gasteiger partial charge in [-0.2, -0.15) is 0 Å². The van der Waals surface area contributed by atoms with Gasteiger partial charge in [-0.3, -0.25) is 0 Å². The molecule has 2 aromatic carbocycles. The van der Waals surface area contributed by atoms with Crippen LogP contribution in [0.4, 0.5) is 0 Å². The number of aliphatic hydroxyl groups excluding tert-OH is 2. The van der Waals surface area contributed by atoms with Gasteiger partial charge in [-0.1, -0.05) is 59.6 Å². The van der Waals surface area contributed by atoms with E-state index in [1.807, 2.05) is 30.3 Å². The average molecular weight is 677 g/mol. The molecule has 0 bridgehead atoms. The van der Waals surface area contributed by atoms with Crippen molar-refractivity contribution in [3.8, 4) is 11.5 Å². The second kappa shape index (κ2) is 14.4. The molecule has 6 N–H and O–H groups in total. The van der Waals surface area contributed by atoms with E-state index in [0.29, 0.717) is 49.0 Å².